The summed E-state index contributed by atoms with van der Waals surface area (Å²) < 4.78 is 5.72. The molecule has 0 fully saturated rings. The molecular weight excluding hydrogens is 260 g/mol. The Kier molecular flexibility index (Phi) is 6.22. The summed E-state index contributed by atoms with van der Waals surface area (Å²) in [6.45, 7) is 2.70. The number of unbranched alkanes of at least 4 members (excludes halogenated alkanes) is 2. The van der Waals surface area contributed by atoms with Crippen LogP contribution in [-0.2, 0) is 6.61 Å². The molecule has 1 atom stereocenters. The summed E-state index contributed by atoms with van der Waals surface area (Å²) in [5.74, 6) is 0.852. The van der Waals surface area contributed by atoms with Gasteiger partial charge in [-0.1, -0.05) is 44.4 Å². The summed E-state index contributed by atoms with van der Waals surface area (Å²) >= 11 is 0. The number of benzene rings is 1. The summed E-state index contributed by atoms with van der Waals surface area (Å²) in [5, 5.41) is 0. The number of aromatic nitrogens is 1. The Balaban J connectivity index is 1.84. The Bertz CT molecular complexity index is 511. The minimum Gasteiger partial charge on any atom is -0.487 e. The molecule has 21 heavy (non-hydrogen) atoms. The zero-order valence-electron chi connectivity index (χ0n) is 12.7. The van der Waals surface area contributed by atoms with Crippen molar-refractivity contribution in [1.82, 2.24) is 4.98 Å². The third kappa shape index (κ3) is 5.20. The second-order valence-electron chi connectivity index (χ2n) is 5.28. The van der Waals surface area contributed by atoms with Gasteiger partial charge < -0.3 is 10.5 Å². The van der Waals surface area contributed by atoms with Crippen molar-refractivity contribution in [3.05, 3.63) is 59.9 Å². The fourth-order valence-electron chi connectivity index (χ4n) is 2.23. The summed E-state index contributed by atoms with van der Waals surface area (Å²) in [7, 11) is 0. The monoisotopic (exact) mass is 284 g/mol. The molecule has 2 aromatic rings. The molecule has 3 heteroatoms. The highest BCUT2D eigenvalue weighted by atomic mass is 16.5. The van der Waals surface area contributed by atoms with Gasteiger partial charge in [-0.3, -0.25) is 4.98 Å². The quantitative estimate of drug-likeness (QED) is 0.737. The summed E-state index contributed by atoms with van der Waals surface area (Å²) in [5.41, 5.74) is 8.31. The second kappa shape index (κ2) is 8.42. The Labute approximate surface area is 127 Å². The summed E-state index contributed by atoms with van der Waals surface area (Å²) in [6.07, 6.45) is 6.49. The molecule has 1 aromatic heterocycles. The van der Waals surface area contributed by atoms with E-state index in [1.54, 1.807) is 6.20 Å². The van der Waals surface area contributed by atoms with E-state index in [0.717, 1.165) is 17.9 Å². The van der Waals surface area contributed by atoms with Gasteiger partial charge in [0.2, 0.25) is 0 Å². The van der Waals surface area contributed by atoms with E-state index < -0.39 is 0 Å². The van der Waals surface area contributed by atoms with E-state index in [2.05, 4.69) is 24.0 Å². The first kappa shape index (κ1) is 15.5. The minimum atomic E-state index is 0.126. The Morgan fingerprint density at radius 3 is 2.57 bits per heavy atom. The first-order valence-corrected chi connectivity index (χ1v) is 7.68. The van der Waals surface area contributed by atoms with Crippen LogP contribution in [0.1, 0.15) is 49.9 Å². The van der Waals surface area contributed by atoms with Crippen molar-refractivity contribution in [3.63, 3.8) is 0 Å². The molecule has 0 aliphatic carbocycles. The predicted molar refractivity (Wildman–Crippen MR) is 86.1 cm³/mol. The number of nitrogens with two attached hydrogens (primary N) is 1. The Morgan fingerprint density at radius 1 is 1.10 bits per heavy atom. The SMILES string of the molecule is CCCCCC(N)c1ccc(OCc2ccccn2)cc1. The van der Waals surface area contributed by atoms with E-state index in [-0.39, 0.29) is 6.04 Å². The third-order valence-electron chi connectivity index (χ3n) is 3.54. The largest absolute Gasteiger partial charge is 0.487 e. The van der Waals surface area contributed by atoms with Gasteiger partial charge in [-0.25, -0.2) is 0 Å². The van der Waals surface area contributed by atoms with Crippen molar-refractivity contribution in [1.29, 1.82) is 0 Å². The molecule has 0 spiro atoms. The number of hydrogen-bond donors (Lipinski definition) is 1. The number of nitrogens with zero attached hydrogens (tertiary/aromatic N) is 1. The molecule has 0 saturated carbocycles. The van der Waals surface area contributed by atoms with E-state index >= 15 is 0 Å². The van der Waals surface area contributed by atoms with Gasteiger partial charge in [-0.15, -0.1) is 0 Å². The second-order valence-corrected chi connectivity index (χ2v) is 5.28. The smallest absolute Gasteiger partial charge is 0.130 e. The van der Waals surface area contributed by atoms with Crippen molar-refractivity contribution in [2.24, 2.45) is 5.73 Å². The van der Waals surface area contributed by atoms with Crippen molar-refractivity contribution in [2.75, 3.05) is 0 Å². The topological polar surface area (TPSA) is 48.1 Å². The molecule has 1 unspecified atom stereocenters. The van der Waals surface area contributed by atoms with Crippen molar-refractivity contribution >= 4 is 0 Å². The first-order chi connectivity index (χ1) is 10.3. The van der Waals surface area contributed by atoms with Crippen LogP contribution in [-0.4, -0.2) is 4.98 Å². The average molecular weight is 284 g/mol. The molecule has 2 N–H and O–H groups in total. The van der Waals surface area contributed by atoms with Gasteiger partial charge in [-0.2, -0.15) is 0 Å². The standard InChI is InChI=1S/C18H24N2O/c1-2-3-4-8-18(19)15-9-11-17(12-10-15)21-14-16-7-5-6-13-20-16/h5-7,9-13,18H,2-4,8,14,19H2,1H3. The van der Waals surface area contributed by atoms with Crippen LogP contribution in [0.25, 0.3) is 0 Å². The first-order valence-electron chi connectivity index (χ1n) is 7.68. The highest BCUT2D eigenvalue weighted by molar-refractivity contribution is 5.29. The number of rotatable bonds is 8. The number of pyridine rings is 1. The van der Waals surface area contributed by atoms with Crippen LogP contribution >= 0.6 is 0 Å². The third-order valence-corrected chi connectivity index (χ3v) is 3.54. The lowest BCUT2D eigenvalue weighted by atomic mass is 10.0. The van der Waals surface area contributed by atoms with Gasteiger partial charge in [0.1, 0.15) is 12.4 Å². The normalized spacial score (nSPS) is 12.1. The van der Waals surface area contributed by atoms with Crippen molar-refractivity contribution in [3.8, 4) is 5.75 Å². The van der Waals surface area contributed by atoms with Gasteiger partial charge in [0.15, 0.2) is 0 Å². The molecule has 112 valence electrons. The minimum absolute atomic E-state index is 0.126. The number of hydrogen-bond acceptors (Lipinski definition) is 3. The lowest BCUT2D eigenvalue weighted by molar-refractivity contribution is 0.301. The molecule has 0 radical (unpaired) electrons. The zero-order valence-corrected chi connectivity index (χ0v) is 12.7. The van der Waals surface area contributed by atoms with Gasteiger partial charge >= 0.3 is 0 Å². The van der Waals surface area contributed by atoms with E-state index in [0.29, 0.717) is 6.61 Å². The van der Waals surface area contributed by atoms with Gasteiger partial charge in [0.25, 0.3) is 0 Å². The van der Waals surface area contributed by atoms with Crippen LogP contribution in [0.5, 0.6) is 5.75 Å². The molecule has 0 saturated heterocycles. The summed E-state index contributed by atoms with van der Waals surface area (Å²) in [4.78, 5) is 4.24. The fourth-order valence-corrected chi connectivity index (χ4v) is 2.23. The molecule has 2 rings (SSSR count). The van der Waals surface area contributed by atoms with Crippen LogP contribution in [0.2, 0.25) is 0 Å². The van der Waals surface area contributed by atoms with Crippen molar-refractivity contribution < 1.29 is 4.74 Å². The molecule has 0 bridgehead atoms. The van der Waals surface area contributed by atoms with Crippen molar-refractivity contribution in [2.45, 2.75) is 45.3 Å². The van der Waals surface area contributed by atoms with Gasteiger partial charge in [0.05, 0.1) is 5.69 Å². The fraction of sp³-hybridized carbons (Fsp3) is 0.389. The maximum atomic E-state index is 6.20. The Morgan fingerprint density at radius 2 is 1.90 bits per heavy atom. The molecule has 0 aliphatic rings. The lowest BCUT2D eigenvalue weighted by Crippen LogP contribution is -2.10. The van der Waals surface area contributed by atoms with E-state index in [1.807, 2.05) is 30.3 Å². The molecule has 0 aliphatic heterocycles. The molecule has 0 amide bonds. The van der Waals surface area contributed by atoms with Crippen LogP contribution < -0.4 is 10.5 Å². The molecule has 1 heterocycles. The predicted octanol–water partition coefficient (Wildman–Crippen LogP) is 4.24. The maximum absolute atomic E-state index is 6.20. The van der Waals surface area contributed by atoms with Gasteiger partial charge in [0, 0.05) is 12.2 Å². The highest BCUT2D eigenvalue weighted by Gasteiger charge is 2.05. The lowest BCUT2D eigenvalue weighted by Gasteiger charge is -2.12. The van der Waals surface area contributed by atoms with Gasteiger partial charge in [-0.05, 0) is 36.2 Å². The average Bonchev–Trinajstić information content (AvgIpc) is 2.54. The summed E-state index contributed by atoms with van der Waals surface area (Å²) in [6, 6.07) is 14.0. The van der Waals surface area contributed by atoms with E-state index in [9.17, 15) is 0 Å². The molecular formula is C18H24N2O. The van der Waals surface area contributed by atoms with Crippen LogP contribution in [0.4, 0.5) is 0 Å². The van der Waals surface area contributed by atoms with E-state index in [4.69, 9.17) is 10.5 Å². The highest BCUT2D eigenvalue weighted by Crippen LogP contribution is 2.21. The Hall–Kier alpha value is -1.87. The van der Waals surface area contributed by atoms with E-state index in [1.165, 1.54) is 24.8 Å². The van der Waals surface area contributed by atoms with Crippen LogP contribution in [0, 0.1) is 0 Å². The maximum Gasteiger partial charge on any atom is 0.130 e. The zero-order chi connectivity index (χ0) is 14.9. The number of ether oxygens (including phenoxy) is 1. The molecule has 3 nitrogen and oxygen atoms in total. The molecule has 1 aromatic carbocycles. The van der Waals surface area contributed by atoms with Crippen LogP contribution in [0.3, 0.4) is 0 Å². The van der Waals surface area contributed by atoms with Crippen LogP contribution in [0.15, 0.2) is 48.7 Å².